The molecule has 1 atom stereocenters. The molecule has 1 amide bonds. The predicted octanol–water partition coefficient (Wildman–Crippen LogP) is 2.24. The molecule has 0 aliphatic carbocycles. The van der Waals surface area contributed by atoms with Gasteiger partial charge in [0.05, 0.1) is 13.1 Å². The molecule has 5 heteroatoms. The van der Waals surface area contributed by atoms with E-state index in [1.54, 1.807) is 11.3 Å². The lowest BCUT2D eigenvalue weighted by Crippen LogP contribution is -2.42. The highest BCUT2D eigenvalue weighted by Crippen LogP contribution is 2.24. The van der Waals surface area contributed by atoms with Crippen molar-refractivity contribution >= 4 is 17.2 Å². The normalized spacial score (nSPS) is 18.8. The second-order valence-corrected chi connectivity index (χ2v) is 6.16. The van der Waals surface area contributed by atoms with Crippen molar-refractivity contribution in [2.24, 2.45) is 0 Å². The Labute approximate surface area is 123 Å². The molecule has 0 saturated heterocycles. The summed E-state index contributed by atoms with van der Waals surface area (Å²) in [6.45, 7) is 5.16. The van der Waals surface area contributed by atoms with Gasteiger partial charge in [0.2, 0.25) is 5.91 Å². The lowest BCUT2D eigenvalue weighted by atomic mass is 10.1. The Kier molecular flexibility index (Phi) is 3.89. The quantitative estimate of drug-likeness (QED) is 0.937. The summed E-state index contributed by atoms with van der Waals surface area (Å²) in [6, 6.07) is 8.56. The van der Waals surface area contributed by atoms with Crippen molar-refractivity contribution in [2.45, 2.75) is 26.1 Å². The van der Waals surface area contributed by atoms with E-state index in [-0.39, 0.29) is 5.91 Å². The lowest BCUT2D eigenvalue weighted by Gasteiger charge is -2.34. The number of fused-ring (bicyclic) bond motifs is 1. The van der Waals surface area contributed by atoms with Gasteiger partial charge in [0.25, 0.3) is 0 Å². The summed E-state index contributed by atoms with van der Waals surface area (Å²) in [5, 5.41) is 5.02. The van der Waals surface area contributed by atoms with Gasteiger partial charge in [-0.15, -0.1) is 11.3 Å². The third-order valence-corrected chi connectivity index (χ3v) is 4.73. The van der Waals surface area contributed by atoms with Gasteiger partial charge in [0.1, 0.15) is 0 Å². The average Bonchev–Trinajstić information content (AvgIpc) is 3.10. The molecule has 106 valence electrons. The number of nitrogens with one attached hydrogen (secondary N) is 1. The number of nitrogens with zero attached hydrogens (tertiary/aromatic N) is 2. The van der Waals surface area contributed by atoms with Crippen molar-refractivity contribution < 1.29 is 4.79 Å². The van der Waals surface area contributed by atoms with Crippen molar-refractivity contribution in [1.29, 1.82) is 0 Å². The topological polar surface area (TPSA) is 37.3 Å². The Morgan fingerprint density at radius 3 is 3.10 bits per heavy atom. The Bertz CT molecular complexity index is 576. The van der Waals surface area contributed by atoms with Crippen LogP contribution in [0.1, 0.15) is 23.5 Å². The highest BCUT2D eigenvalue weighted by Gasteiger charge is 2.24. The van der Waals surface area contributed by atoms with Crippen LogP contribution in [0.5, 0.6) is 0 Å². The van der Waals surface area contributed by atoms with Gasteiger partial charge >= 0.3 is 0 Å². The molecule has 0 saturated carbocycles. The van der Waals surface area contributed by atoms with Gasteiger partial charge in [0, 0.05) is 35.9 Å². The van der Waals surface area contributed by atoms with E-state index >= 15 is 0 Å². The minimum atomic E-state index is 0.102. The summed E-state index contributed by atoms with van der Waals surface area (Å²) in [7, 11) is 0. The molecule has 2 aromatic heterocycles. The maximum absolute atomic E-state index is 12.0. The summed E-state index contributed by atoms with van der Waals surface area (Å²) in [5.41, 5.74) is 1.29. The number of amides is 1. The number of thiophene rings is 1. The predicted molar refractivity (Wildman–Crippen MR) is 80.6 cm³/mol. The van der Waals surface area contributed by atoms with Crippen LogP contribution in [0.2, 0.25) is 0 Å². The Hall–Kier alpha value is -1.59. The fourth-order valence-electron chi connectivity index (χ4n) is 2.68. The molecule has 2 aromatic rings. The van der Waals surface area contributed by atoms with Crippen molar-refractivity contribution in [3.05, 3.63) is 46.4 Å². The van der Waals surface area contributed by atoms with Gasteiger partial charge in [-0.3, -0.25) is 9.69 Å². The summed E-state index contributed by atoms with van der Waals surface area (Å²) in [4.78, 5) is 15.5. The van der Waals surface area contributed by atoms with E-state index in [1.807, 2.05) is 17.5 Å². The highest BCUT2D eigenvalue weighted by molar-refractivity contribution is 7.09. The Balaban J connectivity index is 1.54. The number of hydrogen-bond donors (Lipinski definition) is 1. The van der Waals surface area contributed by atoms with Crippen LogP contribution in [-0.2, 0) is 17.9 Å². The van der Waals surface area contributed by atoms with Crippen molar-refractivity contribution in [1.82, 2.24) is 14.8 Å². The van der Waals surface area contributed by atoms with Crippen molar-refractivity contribution in [2.75, 3.05) is 13.1 Å². The fourth-order valence-corrected chi connectivity index (χ4v) is 3.33. The number of carbonyl (C=O) groups is 1. The molecule has 4 nitrogen and oxygen atoms in total. The van der Waals surface area contributed by atoms with E-state index in [4.69, 9.17) is 0 Å². The Morgan fingerprint density at radius 2 is 2.30 bits per heavy atom. The van der Waals surface area contributed by atoms with Crippen LogP contribution in [0, 0.1) is 0 Å². The van der Waals surface area contributed by atoms with Crippen molar-refractivity contribution in [3.63, 3.8) is 0 Å². The molecule has 0 unspecified atom stereocenters. The third-order valence-electron chi connectivity index (χ3n) is 3.86. The number of hydrogen-bond acceptors (Lipinski definition) is 3. The SMILES string of the molecule is C[C@H]1c2cccn2CCN1CC(=O)NCc1cccs1. The molecular formula is C15H19N3OS. The van der Waals surface area contributed by atoms with Gasteiger partial charge in [-0.2, -0.15) is 0 Å². The first-order valence-electron chi connectivity index (χ1n) is 6.92. The van der Waals surface area contributed by atoms with E-state index < -0.39 is 0 Å². The first-order chi connectivity index (χ1) is 9.74. The first-order valence-corrected chi connectivity index (χ1v) is 7.80. The standard InChI is InChI=1S/C15H19N3OS/c1-12-14-5-2-6-17(14)7-8-18(12)11-15(19)16-10-13-4-3-9-20-13/h2-6,9,12H,7-8,10-11H2,1H3,(H,16,19)/t12-/m0/s1. The zero-order valence-corrected chi connectivity index (χ0v) is 12.4. The van der Waals surface area contributed by atoms with Crippen molar-refractivity contribution in [3.8, 4) is 0 Å². The van der Waals surface area contributed by atoms with E-state index in [2.05, 4.69) is 40.0 Å². The van der Waals surface area contributed by atoms with Crippen LogP contribution in [-0.4, -0.2) is 28.5 Å². The minimum absolute atomic E-state index is 0.102. The lowest BCUT2D eigenvalue weighted by molar-refractivity contribution is -0.123. The van der Waals surface area contributed by atoms with Gasteiger partial charge in [-0.25, -0.2) is 0 Å². The second-order valence-electron chi connectivity index (χ2n) is 5.13. The molecule has 0 bridgehead atoms. The molecule has 20 heavy (non-hydrogen) atoms. The monoisotopic (exact) mass is 289 g/mol. The molecule has 1 aliphatic rings. The highest BCUT2D eigenvalue weighted by atomic mass is 32.1. The summed E-state index contributed by atoms with van der Waals surface area (Å²) in [5.74, 6) is 0.102. The maximum atomic E-state index is 12.0. The van der Waals surface area contributed by atoms with E-state index in [0.29, 0.717) is 19.1 Å². The van der Waals surface area contributed by atoms with Crippen LogP contribution in [0.15, 0.2) is 35.8 Å². The minimum Gasteiger partial charge on any atom is -0.350 e. The smallest absolute Gasteiger partial charge is 0.234 e. The van der Waals surface area contributed by atoms with Gasteiger partial charge in [-0.1, -0.05) is 6.07 Å². The fraction of sp³-hybridized carbons (Fsp3) is 0.400. The molecule has 3 rings (SSSR count). The zero-order chi connectivity index (χ0) is 13.9. The number of aromatic nitrogens is 1. The molecule has 0 spiro atoms. The van der Waals surface area contributed by atoms with Gasteiger partial charge < -0.3 is 9.88 Å². The summed E-state index contributed by atoms with van der Waals surface area (Å²) < 4.78 is 2.27. The molecular weight excluding hydrogens is 270 g/mol. The van der Waals surface area contributed by atoms with Gasteiger partial charge in [0.15, 0.2) is 0 Å². The maximum Gasteiger partial charge on any atom is 0.234 e. The number of rotatable bonds is 4. The first kappa shape index (κ1) is 13.4. The van der Waals surface area contributed by atoms with Gasteiger partial charge in [-0.05, 0) is 30.5 Å². The zero-order valence-electron chi connectivity index (χ0n) is 11.6. The largest absolute Gasteiger partial charge is 0.350 e. The molecule has 0 radical (unpaired) electrons. The summed E-state index contributed by atoms with van der Waals surface area (Å²) >= 11 is 1.67. The molecule has 1 aliphatic heterocycles. The van der Waals surface area contributed by atoms with Crippen LogP contribution < -0.4 is 5.32 Å². The second kappa shape index (κ2) is 5.81. The van der Waals surface area contributed by atoms with Crippen LogP contribution >= 0.6 is 11.3 Å². The molecule has 1 N–H and O–H groups in total. The molecule has 0 fully saturated rings. The van der Waals surface area contributed by atoms with E-state index in [9.17, 15) is 4.79 Å². The van der Waals surface area contributed by atoms with Crippen LogP contribution in [0.3, 0.4) is 0 Å². The molecule has 3 heterocycles. The average molecular weight is 289 g/mol. The molecule has 0 aromatic carbocycles. The Morgan fingerprint density at radius 1 is 1.40 bits per heavy atom. The van der Waals surface area contributed by atoms with E-state index in [0.717, 1.165) is 13.1 Å². The number of carbonyl (C=O) groups excluding carboxylic acids is 1. The van der Waals surface area contributed by atoms with Crippen LogP contribution in [0.25, 0.3) is 0 Å². The summed E-state index contributed by atoms with van der Waals surface area (Å²) in [6.07, 6.45) is 2.11. The van der Waals surface area contributed by atoms with Crippen LogP contribution in [0.4, 0.5) is 0 Å². The third kappa shape index (κ3) is 2.78. The van der Waals surface area contributed by atoms with E-state index in [1.165, 1.54) is 10.6 Å².